The molecule has 1 amide bonds. The average Bonchev–Trinajstić information content (AvgIpc) is 3.16. The average molecular weight is 342 g/mol. The van der Waals surface area contributed by atoms with Crippen LogP contribution in [-0.2, 0) is 13.1 Å². The van der Waals surface area contributed by atoms with Crippen LogP contribution in [0.15, 0.2) is 52.1 Å². The van der Waals surface area contributed by atoms with Gasteiger partial charge in [-0.3, -0.25) is 4.79 Å². The van der Waals surface area contributed by atoms with Gasteiger partial charge in [-0.05, 0) is 43.2 Å². The zero-order valence-corrected chi connectivity index (χ0v) is 14.8. The molecule has 0 aliphatic rings. The number of carbonyl (C=O) groups excluding carboxylic acids is 1. The van der Waals surface area contributed by atoms with Crippen molar-refractivity contribution in [3.05, 3.63) is 59.5 Å². The molecular weight excluding hydrogens is 316 g/mol. The molecule has 134 valence electrons. The van der Waals surface area contributed by atoms with Gasteiger partial charge < -0.3 is 20.4 Å². The maximum absolute atomic E-state index is 12.0. The van der Waals surface area contributed by atoms with Gasteiger partial charge in [-0.25, -0.2) is 4.99 Å². The lowest BCUT2D eigenvalue weighted by molar-refractivity contribution is 0.0953. The van der Waals surface area contributed by atoms with E-state index in [1.165, 1.54) is 0 Å². The van der Waals surface area contributed by atoms with Crippen molar-refractivity contribution in [3.8, 4) is 0 Å². The van der Waals surface area contributed by atoms with Gasteiger partial charge in [0.1, 0.15) is 5.76 Å². The Labute approximate surface area is 148 Å². The summed E-state index contributed by atoms with van der Waals surface area (Å²) in [4.78, 5) is 16.6. The molecule has 0 fully saturated rings. The number of amides is 1. The topological polar surface area (TPSA) is 78.7 Å². The van der Waals surface area contributed by atoms with Crippen molar-refractivity contribution < 1.29 is 9.21 Å². The van der Waals surface area contributed by atoms with E-state index >= 15 is 0 Å². The van der Waals surface area contributed by atoms with E-state index in [1.54, 1.807) is 6.26 Å². The van der Waals surface area contributed by atoms with Crippen LogP contribution in [0, 0.1) is 0 Å². The third-order valence-corrected chi connectivity index (χ3v) is 3.50. The van der Waals surface area contributed by atoms with Gasteiger partial charge in [0.25, 0.3) is 5.91 Å². The van der Waals surface area contributed by atoms with Gasteiger partial charge in [0, 0.05) is 18.7 Å². The van der Waals surface area contributed by atoms with E-state index in [0.29, 0.717) is 31.2 Å². The first-order valence-electron chi connectivity index (χ1n) is 8.64. The third-order valence-electron chi connectivity index (χ3n) is 3.50. The number of carbonyl (C=O) groups is 1. The number of nitrogens with zero attached hydrogens (tertiary/aromatic N) is 1. The second kappa shape index (κ2) is 10.2. The minimum atomic E-state index is -0.0458. The molecule has 0 atom stereocenters. The molecule has 0 saturated heterocycles. The van der Waals surface area contributed by atoms with Crippen LogP contribution in [-0.4, -0.2) is 25.0 Å². The molecule has 3 N–H and O–H groups in total. The zero-order valence-electron chi connectivity index (χ0n) is 14.8. The molecule has 6 nitrogen and oxygen atoms in total. The first kappa shape index (κ1) is 18.6. The first-order chi connectivity index (χ1) is 12.2. The molecule has 1 heterocycles. The molecule has 0 aliphatic carbocycles. The molecule has 2 aromatic rings. The molecule has 0 spiro atoms. The fraction of sp³-hybridized carbons (Fsp3) is 0.368. The number of hydrogen-bond donors (Lipinski definition) is 3. The SMILES string of the molecule is CCCNC(=O)c1cccc(CN=C(NCC)NCc2ccco2)c1. The highest BCUT2D eigenvalue weighted by atomic mass is 16.3. The Hall–Kier alpha value is -2.76. The summed E-state index contributed by atoms with van der Waals surface area (Å²) >= 11 is 0. The lowest BCUT2D eigenvalue weighted by Gasteiger charge is -2.10. The molecule has 1 aromatic carbocycles. The minimum Gasteiger partial charge on any atom is -0.467 e. The van der Waals surface area contributed by atoms with Gasteiger partial charge in [0.2, 0.25) is 0 Å². The van der Waals surface area contributed by atoms with Crippen molar-refractivity contribution in [2.45, 2.75) is 33.4 Å². The van der Waals surface area contributed by atoms with Crippen LogP contribution >= 0.6 is 0 Å². The molecule has 0 aliphatic heterocycles. The Bertz CT molecular complexity index is 680. The zero-order chi connectivity index (χ0) is 17.9. The predicted octanol–water partition coefficient (Wildman–Crippen LogP) is 2.67. The van der Waals surface area contributed by atoms with E-state index in [2.05, 4.69) is 20.9 Å². The quantitative estimate of drug-likeness (QED) is 0.509. The Balaban J connectivity index is 1.97. The van der Waals surface area contributed by atoms with Gasteiger partial charge in [0.05, 0.1) is 19.4 Å². The second-order valence-electron chi connectivity index (χ2n) is 5.58. The summed E-state index contributed by atoms with van der Waals surface area (Å²) in [7, 11) is 0. The van der Waals surface area contributed by atoms with Crippen molar-refractivity contribution in [2.75, 3.05) is 13.1 Å². The first-order valence-corrected chi connectivity index (χ1v) is 8.64. The Morgan fingerprint density at radius 2 is 2.00 bits per heavy atom. The van der Waals surface area contributed by atoms with Crippen LogP contribution in [0.3, 0.4) is 0 Å². The maximum atomic E-state index is 12.0. The molecule has 25 heavy (non-hydrogen) atoms. The van der Waals surface area contributed by atoms with Gasteiger partial charge >= 0.3 is 0 Å². The summed E-state index contributed by atoms with van der Waals surface area (Å²) in [6.45, 7) is 6.55. The number of hydrogen-bond acceptors (Lipinski definition) is 3. The Morgan fingerprint density at radius 3 is 2.72 bits per heavy atom. The van der Waals surface area contributed by atoms with Crippen molar-refractivity contribution >= 4 is 11.9 Å². The van der Waals surface area contributed by atoms with E-state index in [0.717, 1.165) is 24.3 Å². The van der Waals surface area contributed by atoms with Crippen LogP contribution < -0.4 is 16.0 Å². The van der Waals surface area contributed by atoms with Crippen molar-refractivity contribution in [3.63, 3.8) is 0 Å². The van der Waals surface area contributed by atoms with Crippen molar-refractivity contribution in [1.29, 1.82) is 0 Å². The molecule has 0 unspecified atom stereocenters. The molecule has 2 rings (SSSR count). The number of nitrogens with one attached hydrogen (secondary N) is 3. The molecule has 0 bridgehead atoms. The highest BCUT2D eigenvalue weighted by Crippen LogP contribution is 2.07. The Morgan fingerprint density at radius 1 is 1.12 bits per heavy atom. The number of furan rings is 1. The summed E-state index contributed by atoms with van der Waals surface area (Å²) < 4.78 is 5.31. The summed E-state index contributed by atoms with van der Waals surface area (Å²) in [5, 5.41) is 9.31. The summed E-state index contributed by atoms with van der Waals surface area (Å²) in [6.07, 6.45) is 2.57. The Kier molecular flexibility index (Phi) is 7.56. The van der Waals surface area contributed by atoms with E-state index in [-0.39, 0.29) is 5.91 Å². The van der Waals surface area contributed by atoms with Crippen molar-refractivity contribution in [2.24, 2.45) is 4.99 Å². The number of aliphatic imine (C=N–C) groups is 1. The number of rotatable bonds is 8. The highest BCUT2D eigenvalue weighted by molar-refractivity contribution is 5.94. The molecular formula is C19H26N4O2. The van der Waals surface area contributed by atoms with E-state index in [9.17, 15) is 4.79 Å². The predicted molar refractivity (Wildman–Crippen MR) is 99.4 cm³/mol. The number of benzene rings is 1. The van der Waals surface area contributed by atoms with Gasteiger partial charge in [-0.2, -0.15) is 0 Å². The van der Waals surface area contributed by atoms with E-state index in [1.807, 2.05) is 50.2 Å². The molecule has 6 heteroatoms. The summed E-state index contributed by atoms with van der Waals surface area (Å²) in [6, 6.07) is 11.3. The largest absolute Gasteiger partial charge is 0.467 e. The highest BCUT2D eigenvalue weighted by Gasteiger charge is 2.05. The van der Waals surface area contributed by atoms with E-state index in [4.69, 9.17) is 4.42 Å². The van der Waals surface area contributed by atoms with Gasteiger partial charge in [-0.1, -0.05) is 19.1 Å². The fourth-order valence-corrected chi connectivity index (χ4v) is 2.25. The lowest BCUT2D eigenvalue weighted by Crippen LogP contribution is -2.36. The van der Waals surface area contributed by atoms with Crippen molar-refractivity contribution in [1.82, 2.24) is 16.0 Å². The second-order valence-corrected chi connectivity index (χ2v) is 5.58. The standard InChI is InChI=1S/C19H26N4O2/c1-3-10-21-18(24)16-8-5-7-15(12-16)13-22-19(20-4-2)23-14-17-9-6-11-25-17/h5-9,11-12H,3-4,10,13-14H2,1-2H3,(H,21,24)(H2,20,22,23). The molecule has 1 aromatic heterocycles. The van der Waals surface area contributed by atoms with Crippen LogP contribution in [0.2, 0.25) is 0 Å². The van der Waals surface area contributed by atoms with Crippen LogP contribution in [0.5, 0.6) is 0 Å². The molecule has 0 saturated carbocycles. The van der Waals surface area contributed by atoms with Crippen LogP contribution in [0.25, 0.3) is 0 Å². The number of guanidine groups is 1. The van der Waals surface area contributed by atoms with Crippen LogP contribution in [0.1, 0.15) is 41.9 Å². The third kappa shape index (κ3) is 6.33. The van der Waals surface area contributed by atoms with Crippen LogP contribution in [0.4, 0.5) is 0 Å². The smallest absolute Gasteiger partial charge is 0.251 e. The van der Waals surface area contributed by atoms with E-state index < -0.39 is 0 Å². The normalized spacial score (nSPS) is 11.2. The monoisotopic (exact) mass is 342 g/mol. The summed E-state index contributed by atoms with van der Waals surface area (Å²) in [5.74, 6) is 1.51. The van der Waals surface area contributed by atoms with Gasteiger partial charge in [-0.15, -0.1) is 0 Å². The summed E-state index contributed by atoms with van der Waals surface area (Å²) in [5.41, 5.74) is 1.65. The maximum Gasteiger partial charge on any atom is 0.251 e. The fourth-order valence-electron chi connectivity index (χ4n) is 2.25. The molecule has 0 radical (unpaired) electrons. The lowest BCUT2D eigenvalue weighted by atomic mass is 10.1. The minimum absolute atomic E-state index is 0.0458. The van der Waals surface area contributed by atoms with Gasteiger partial charge in [0.15, 0.2) is 5.96 Å².